The van der Waals surface area contributed by atoms with Crippen LogP contribution in [0.25, 0.3) is 10.9 Å². The third-order valence-corrected chi connectivity index (χ3v) is 4.54. The molecule has 108 valence electrons. The molecule has 1 unspecified atom stereocenters. The maximum atomic E-state index is 6.32. The zero-order valence-electron chi connectivity index (χ0n) is 11.2. The third-order valence-electron chi connectivity index (χ3n) is 3.47. The summed E-state index contributed by atoms with van der Waals surface area (Å²) >= 11 is 9.89. The Morgan fingerprint density at radius 3 is 3.10 bits per heavy atom. The Bertz CT molecular complexity index is 623. The number of nitrogens with zero attached hydrogens (tertiary/aromatic N) is 2. The van der Waals surface area contributed by atoms with Crippen LogP contribution in [0.3, 0.4) is 0 Å². The number of ether oxygens (including phenoxy) is 2. The molecular weight excluding hydrogens is 344 g/mol. The van der Waals surface area contributed by atoms with Gasteiger partial charge in [0.2, 0.25) is 0 Å². The van der Waals surface area contributed by atoms with Crippen LogP contribution < -0.4 is 4.74 Å². The van der Waals surface area contributed by atoms with Crippen molar-refractivity contribution in [3.05, 3.63) is 21.8 Å². The third kappa shape index (κ3) is 2.43. The highest BCUT2D eigenvalue weighted by Crippen LogP contribution is 2.40. The topological polar surface area (TPSA) is 36.3 Å². The van der Waals surface area contributed by atoms with Crippen molar-refractivity contribution in [2.24, 2.45) is 0 Å². The van der Waals surface area contributed by atoms with E-state index in [-0.39, 0.29) is 6.23 Å². The summed E-state index contributed by atoms with van der Waals surface area (Å²) in [6.45, 7) is 3.30. The van der Waals surface area contributed by atoms with Gasteiger partial charge in [-0.2, -0.15) is 5.10 Å². The second-order valence-corrected chi connectivity index (χ2v) is 5.98. The normalized spacial score (nSPS) is 19.4. The van der Waals surface area contributed by atoms with Crippen LogP contribution in [0.4, 0.5) is 0 Å². The molecule has 1 atom stereocenters. The maximum absolute atomic E-state index is 6.32. The molecule has 0 bridgehead atoms. The van der Waals surface area contributed by atoms with Gasteiger partial charge in [-0.1, -0.05) is 11.6 Å². The largest absolute Gasteiger partial charge is 0.491 e. The van der Waals surface area contributed by atoms with Gasteiger partial charge in [0.15, 0.2) is 12.0 Å². The highest BCUT2D eigenvalue weighted by Gasteiger charge is 2.21. The van der Waals surface area contributed by atoms with Gasteiger partial charge < -0.3 is 9.47 Å². The lowest BCUT2D eigenvalue weighted by molar-refractivity contribution is -0.0366. The summed E-state index contributed by atoms with van der Waals surface area (Å²) in [5.41, 5.74) is 0.970. The Labute approximate surface area is 131 Å². The van der Waals surface area contributed by atoms with E-state index in [1.165, 1.54) is 0 Å². The lowest BCUT2D eigenvalue weighted by Gasteiger charge is -2.23. The van der Waals surface area contributed by atoms with Crippen LogP contribution in [0.5, 0.6) is 5.75 Å². The minimum absolute atomic E-state index is 0.00200. The number of aromatic nitrogens is 2. The Kier molecular flexibility index (Phi) is 4.19. The number of hydrogen-bond donors (Lipinski definition) is 0. The molecule has 2 heterocycles. The summed E-state index contributed by atoms with van der Waals surface area (Å²) in [4.78, 5) is 0. The summed E-state index contributed by atoms with van der Waals surface area (Å²) in [5, 5.41) is 6.05. The van der Waals surface area contributed by atoms with E-state index in [1.807, 2.05) is 23.9 Å². The number of halogens is 2. The summed E-state index contributed by atoms with van der Waals surface area (Å²) in [7, 11) is 0. The first-order valence-corrected chi connectivity index (χ1v) is 7.99. The van der Waals surface area contributed by atoms with Crippen LogP contribution in [0.2, 0.25) is 5.02 Å². The quantitative estimate of drug-likeness (QED) is 0.806. The monoisotopic (exact) mass is 358 g/mol. The molecule has 2 aromatic rings. The standard InChI is InChI=1S/C14H16BrClN2O2/c1-2-19-14-10(16)7-11-9(13(14)15)8-17-18(11)12-5-3-4-6-20-12/h7-8,12H,2-6H2,1H3. The number of fused-ring (bicyclic) bond motifs is 1. The molecule has 0 amide bonds. The van der Waals surface area contributed by atoms with Gasteiger partial charge >= 0.3 is 0 Å². The van der Waals surface area contributed by atoms with Crippen LogP contribution in [-0.4, -0.2) is 23.0 Å². The molecule has 0 saturated carbocycles. The van der Waals surface area contributed by atoms with E-state index in [2.05, 4.69) is 21.0 Å². The lowest BCUT2D eigenvalue weighted by atomic mass is 10.2. The Hall–Kier alpha value is -0.780. The number of benzene rings is 1. The summed E-state index contributed by atoms with van der Waals surface area (Å²) in [6.07, 6.45) is 5.10. The van der Waals surface area contributed by atoms with E-state index in [1.54, 1.807) is 0 Å². The molecular formula is C14H16BrClN2O2. The second-order valence-electron chi connectivity index (χ2n) is 4.78. The van der Waals surface area contributed by atoms with Crippen molar-refractivity contribution < 1.29 is 9.47 Å². The van der Waals surface area contributed by atoms with Crippen molar-refractivity contribution in [3.63, 3.8) is 0 Å². The Morgan fingerprint density at radius 1 is 1.55 bits per heavy atom. The minimum atomic E-state index is 0.00200. The smallest absolute Gasteiger partial charge is 0.152 e. The van der Waals surface area contributed by atoms with Crippen molar-refractivity contribution in [3.8, 4) is 5.75 Å². The van der Waals surface area contributed by atoms with Gasteiger partial charge in [0, 0.05) is 12.0 Å². The molecule has 1 aliphatic heterocycles. The highest BCUT2D eigenvalue weighted by atomic mass is 79.9. The molecule has 3 rings (SSSR count). The Morgan fingerprint density at radius 2 is 2.40 bits per heavy atom. The molecule has 0 aliphatic carbocycles. The van der Waals surface area contributed by atoms with Gasteiger partial charge in [0.1, 0.15) is 0 Å². The van der Waals surface area contributed by atoms with Crippen molar-refractivity contribution in [1.29, 1.82) is 0 Å². The van der Waals surface area contributed by atoms with E-state index in [0.29, 0.717) is 17.4 Å². The highest BCUT2D eigenvalue weighted by molar-refractivity contribution is 9.10. The van der Waals surface area contributed by atoms with Crippen molar-refractivity contribution >= 4 is 38.4 Å². The maximum Gasteiger partial charge on any atom is 0.152 e. The van der Waals surface area contributed by atoms with E-state index in [4.69, 9.17) is 21.1 Å². The van der Waals surface area contributed by atoms with Crippen LogP contribution >= 0.6 is 27.5 Å². The predicted molar refractivity (Wildman–Crippen MR) is 82.5 cm³/mol. The first-order valence-electron chi connectivity index (χ1n) is 6.82. The van der Waals surface area contributed by atoms with Gasteiger partial charge in [-0.25, -0.2) is 4.68 Å². The molecule has 1 saturated heterocycles. The fourth-order valence-electron chi connectivity index (χ4n) is 2.52. The fraction of sp³-hybridized carbons (Fsp3) is 0.500. The summed E-state index contributed by atoms with van der Waals surface area (Å²) in [6, 6.07) is 1.90. The van der Waals surface area contributed by atoms with E-state index < -0.39 is 0 Å². The van der Waals surface area contributed by atoms with Gasteiger partial charge in [0.05, 0.1) is 27.8 Å². The van der Waals surface area contributed by atoms with E-state index >= 15 is 0 Å². The second kappa shape index (κ2) is 5.92. The molecule has 1 aliphatic rings. The zero-order valence-corrected chi connectivity index (χ0v) is 13.6. The first-order chi connectivity index (χ1) is 9.72. The van der Waals surface area contributed by atoms with Crippen LogP contribution in [0, 0.1) is 0 Å². The molecule has 20 heavy (non-hydrogen) atoms. The number of hydrogen-bond acceptors (Lipinski definition) is 3. The average Bonchev–Trinajstić information content (AvgIpc) is 2.88. The van der Waals surface area contributed by atoms with Gasteiger partial charge in [-0.3, -0.25) is 0 Å². The average molecular weight is 360 g/mol. The van der Waals surface area contributed by atoms with Crippen molar-refractivity contribution in [2.45, 2.75) is 32.4 Å². The minimum Gasteiger partial charge on any atom is -0.491 e. The van der Waals surface area contributed by atoms with E-state index in [9.17, 15) is 0 Å². The van der Waals surface area contributed by atoms with Crippen LogP contribution in [0.15, 0.2) is 16.7 Å². The van der Waals surface area contributed by atoms with Crippen molar-refractivity contribution in [1.82, 2.24) is 9.78 Å². The summed E-state index contributed by atoms with van der Waals surface area (Å²) in [5.74, 6) is 0.672. The first kappa shape index (κ1) is 14.2. The molecule has 0 N–H and O–H groups in total. The van der Waals surface area contributed by atoms with Crippen molar-refractivity contribution in [2.75, 3.05) is 13.2 Å². The van der Waals surface area contributed by atoms with Gasteiger partial charge in [-0.15, -0.1) is 0 Å². The SMILES string of the molecule is CCOc1c(Cl)cc2c(cnn2C2CCCCO2)c1Br. The van der Waals surface area contributed by atoms with Gasteiger partial charge in [0.25, 0.3) is 0 Å². The summed E-state index contributed by atoms with van der Waals surface area (Å²) < 4.78 is 14.2. The number of rotatable bonds is 3. The molecule has 0 spiro atoms. The van der Waals surface area contributed by atoms with Gasteiger partial charge in [-0.05, 0) is 48.2 Å². The van der Waals surface area contributed by atoms with E-state index in [0.717, 1.165) is 41.2 Å². The molecule has 1 fully saturated rings. The Balaban J connectivity index is 2.08. The molecule has 1 aromatic heterocycles. The fourth-order valence-corrected chi connectivity index (χ4v) is 3.52. The molecule has 1 aromatic carbocycles. The molecule has 6 heteroatoms. The van der Waals surface area contributed by atoms with Crippen LogP contribution in [-0.2, 0) is 4.74 Å². The van der Waals surface area contributed by atoms with Crippen LogP contribution in [0.1, 0.15) is 32.4 Å². The zero-order chi connectivity index (χ0) is 14.1. The predicted octanol–water partition coefficient (Wildman–Crippen LogP) is 4.55. The molecule has 0 radical (unpaired) electrons. The lowest BCUT2D eigenvalue weighted by Crippen LogP contribution is -2.18. The molecule has 4 nitrogen and oxygen atoms in total.